The van der Waals surface area contributed by atoms with E-state index in [1.54, 1.807) is 23.5 Å². The van der Waals surface area contributed by atoms with Crippen molar-refractivity contribution in [3.8, 4) is 0 Å². The average molecular weight is 344 g/mol. The predicted molar refractivity (Wildman–Crippen MR) is 92.4 cm³/mol. The van der Waals surface area contributed by atoms with Crippen LogP contribution in [0.25, 0.3) is 0 Å². The maximum Gasteiger partial charge on any atom is 0.226 e. The maximum atomic E-state index is 13.4. The van der Waals surface area contributed by atoms with E-state index in [2.05, 4.69) is 10.4 Å². The topological polar surface area (TPSA) is 33.2 Å². The standard InChI is InChI=1S/C19H21FN2OS/c1-12-11-24-18(21-12)17-7-2-3-8-22(17)19(23)16-10-15(16)13-5-4-6-14(20)9-13/h4-6,9,11,15-17H,2-3,7-8,10H2,1H3/t15-,16-,17-/m0/s1. The first-order valence-electron chi connectivity index (χ1n) is 8.61. The van der Waals surface area contributed by atoms with Crippen molar-refractivity contribution in [1.29, 1.82) is 0 Å². The number of nitrogens with zero attached hydrogens (tertiary/aromatic N) is 2. The highest BCUT2D eigenvalue weighted by Crippen LogP contribution is 2.50. The third kappa shape index (κ3) is 2.97. The van der Waals surface area contributed by atoms with Gasteiger partial charge < -0.3 is 4.90 Å². The Hall–Kier alpha value is -1.75. The fraction of sp³-hybridized carbons (Fsp3) is 0.474. The molecule has 24 heavy (non-hydrogen) atoms. The molecule has 2 heterocycles. The molecule has 126 valence electrons. The molecule has 2 fully saturated rings. The zero-order valence-electron chi connectivity index (χ0n) is 13.7. The predicted octanol–water partition coefficient (Wildman–Crippen LogP) is 4.45. The molecule has 1 aromatic carbocycles. The van der Waals surface area contributed by atoms with Crippen molar-refractivity contribution < 1.29 is 9.18 Å². The van der Waals surface area contributed by atoms with E-state index in [0.29, 0.717) is 0 Å². The third-order valence-electron chi connectivity index (χ3n) is 5.09. The van der Waals surface area contributed by atoms with Gasteiger partial charge in [0.1, 0.15) is 10.8 Å². The van der Waals surface area contributed by atoms with Gasteiger partial charge in [0.25, 0.3) is 0 Å². The zero-order chi connectivity index (χ0) is 16.7. The van der Waals surface area contributed by atoms with E-state index >= 15 is 0 Å². The normalized spacial score (nSPS) is 26.4. The Kier molecular flexibility index (Phi) is 4.12. The first kappa shape index (κ1) is 15.8. The monoisotopic (exact) mass is 344 g/mol. The van der Waals surface area contributed by atoms with Gasteiger partial charge in [-0.3, -0.25) is 4.79 Å². The Labute approximate surface area is 145 Å². The van der Waals surface area contributed by atoms with Crippen LogP contribution < -0.4 is 0 Å². The summed E-state index contributed by atoms with van der Waals surface area (Å²) in [4.78, 5) is 19.7. The molecule has 1 aliphatic carbocycles. The number of benzene rings is 1. The molecule has 4 rings (SSSR count). The van der Waals surface area contributed by atoms with Gasteiger partial charge in [-0.2, -0.15) is 0 Å². The van der Waals surface area contributed by atoms with Gasteiger partial charge in [0.15, 0.2) is 0 Å². The SMILES string of the molecule is Cc1csc([C@@H]2CCCCN2C(=O)[C@H]2C[C@H]2c2cccc(F)c2)n1. The van der Waals surface area contributed by atoms with E-state index < -0.39 is 0 Å². The molecule has 0 radical (unpaired) electrons. The van der Waals surface area contributed by atoms with E-state index in [1.807, 2.05) is 17.9 Å². The van der Waals surface area contributed by atoms with Crippen molar-refractivity contribution in [2.24, 2.45) is 5.92 Å². The molecule has 2 aromatic rings. The molecule has 0 spiro atoms. The summed E-state index contributed by atoms with van der Waals surface area (Å²) in [6, 6.07) is 6.80. The van der Waals surface area contributed by atoms with Crippen molar-refractivity contribution in [1.82, 2.24) is 9.88 Å². The van der Waals surface area contributed by atoms with Crippen LogP contribution in [-0.2, 0) is 4.79 Å². The lowest BCUT2D eigenvalue weighted by Crippen LogP contribution is -2.39. The van der Waals surface area contributed by atoms with Crippen LogP contribution in [0.3, 0.4) is 0 Å². The van der Waals surface area contributed by atoms with Gasteiger partial charge in [-0.05, 0) is 56.2 Å². The molecule has 1 aliphatic heterocycles. The second kappa shape index (κ2) is 6.28. The fourth-order valence-corrected chi connectivity index (χ4v) is 4.71. The van der Waals surface area contributed by atoms with Crippen LogP contribution in [0, 0.1) is 18.7 Å². The minimum atomic E-state index is -0.222. The lowest BCUT2D eigenvalue weighted by Gasteiger charge is -2.35. The molecule has 0 bridgehead atoms. The van der Waals surface area contributed by atoms with E-state index in [-0.39, 0.29) is 29.6 Å². The lowest BCUT2D eigenvalue weighted by atomic mass is 10.0. The molecular formula is C19H21FN2OS. The van der Waals surface area contributed by atoms with Crippen molar-refractivity contribution in [2.75, 3.05) is 6.54 Å². The lowest BCUT2D eigenvalue weighted by molar-refractivity contribution is -0.136. The molecule has 0 N–H and O–H groups in total. The van der Waals surface area contributed by atoms with Gasteiger partial charge >= 0.3 is 0 Å². The summed E-state index contributed by atoms with van der Waals surface area (Å²) in [5, 5.41) is 3.11. The first-order chi connectivity index (χ1) is 11.6. The Balaban J connectivity index is 1.51. The Morgan fingerprint density at radius 3 is 3.00 bits per heavy atom. The van der Waals surface area contributed by atoms with E-state index in [9.17, 15) is 9.18 Å². The number of thiazole rings is 1. The van der Waals surface area contributed by atoms with Crippen molar-refractivity contribution in [3.05, 3.63) is 51.7 Å². The van der Waals surface area contributed by atoms with Crippen LogP contribution in [0.4, 0.5) is 4.39 Å². The smallest absolute Gasteiger partial charge is 0.226 e. The summed E-state index contributed by atoms with van der Waals surface area (Å²) in [6.07, 6.45) is 4.04. The number of carbonyl (C=O) groups excluding carboxylic acids is 1. The van der Waals surface area contributed by atoms with Crippen LogP contribution in [-0.4, -0.2) is 22.3 Å². The summed E-state index contributed by atoms with van der Waals surface area (Å²) in [5.74, 6) is 0.184. The second-order valence-electron chi connectivity index (χ2n) is 6.87. The van der Waals surface area contributed by atoms with Crippen LogP contribution >= 0.6 is 11.3 Å². The molecule has 3 atom stereocenters. The van der Waals surface area contributed by atoms with Crippen molar-refractivity contribution >= 4 is 17.2 Å². The summed E-state index contributed by atoms with van der Waals surface area (Å²) in [6.45, 7) is 2.81. The van der Waals surface area contributed by atoms with Crippen LogP contribution in [0.5, 0.6) is 0 Å². The van der Waals surface area contributed by atoms with Crippen molar-refractivity contribution in [3.63, 3.8) is 0 Å². The fourth-order valence-electron chi connectivity index (χ4n) is 3.76. The summed E-state index contributed by atoms with van der Waals surface area (Å²) in [7, 11) is 0. The van der Waals surface area contributed by atoms with E-state index in [0.717, 1.165) is 48.5 Å². The van der Waals surface area contributed by atoms with Crippen LogP contribution in [0.15, 0.2) is 29.6 Å². The van der Waals surface area contributed by atoms with E-state index in [1.165, 1.54) is 6.07 Å². The number of carbonyl (C=O) groups is 1. The molecule has 1 amide bonds. The largest absolute Gasteiger partial charge is 0.333 e. The Morgan fingerprint density at radius 2 is 2.25 bits per heavy atom. The van der Waals surface area contributed by atoms with E-state index in [4.69, 9.17) is 0 Å². The molecule has 1 aromatic heterocycles. The molecule has 1 saturated carbocycles. The van der Waals surface area contributed by atoms with Gasteiger partial charge in [0, 0.05) is 23.5 Å². The zero-order valence-corrected chi connectivity index (χ0v) is 14.6. The van der Waals surface area contributed by atoms with Gasteiger partial charge in [-0.1, -0.05) is 12.1 Å². The molecule has 0 unspecified atom stereocenters. The number of halogens is 1. The summed E-state index contributed by atoms with van der Waals surface area (Å²) < 4.78 is 13.4. The van der Waals surface area contributed by atoms with Crippen LogP contribution in [0.2, 0.25) is 0 Å². The highest BCUT2D eigenvalue weighted by molar-refractivity contribution is 7.09. The molecule has 5 heteroatoms. The number of amides is 1. The third-order valence-corrected chi connectivity index (χ3v) is 6.16. The van der Waals surface area contributed by atoms with Gasteiger partial charge in [0.05, 0.1) is 6.04 Å². The number of aromatic nitrogens is 1. The second-order valence-corrected chi connectivity index (χ2v) is 7.76. The van der Waals surface area contributed by atoms with Gasteiger partial charge in [-0.25, -0.2) is 9.37 Å². The van der Waals surface area contributed by atoms with Gasteiger partial charge in [-0.15, -0.1) is 11.3 Å². The number of hydrogen-bond donors (Lipinski definition) is 0. The number of hydrogen-bond acceptors (Lipinski definition) is 3. The summed E-state index contributed by atoms with van der Waals surface area (Å²) >= 11 is 1.65. The Bertz CT molecular complexity index is 759. The molecule has 3 nitrogen and oxygen atoms in total. The minimum absolute atomic E-state index is 0.00783. The summed E-state index contributed by atoms with van der Waals surface area (Å²) in [5.41, 5.74) is 1.98. The number of piperidine rings is 1. The average Bonchev–Trinajstić information content (AvgIpc) is 3.28. The quantitative estimate of drug-likeness (QED) is 0.824. The van der Waals surface area contributed by atoms with Gasteiger partial charge in [0.2, 0.25) is 5.91 Å². The highest BCUT2D eigenvalue weighted by atomic mass is 32.1. The Morgan fingerprint density at radius 1 is 1.38 bits per heavy atom. The number of aryl methyl sites for hydroxylation is 1. The molecule has 2 aliphatic rings. The number of likely N-dealkylation sites (tertiary alicyclic amines) is 1. The molecule has 1 saturated heterocycles. The van der Waals surface area contributed by atoms with Crippen molar-refractivity contribution in [2.45, 2.75) is 44.6 Å². The minimum Gasteiger partial charge on any atom is -0.333 e. The molecular weight excluding hydrogens is 323 g/mol. The first-order valence-corrected chi connectivity index (χ1v) is 9.49. The van der Waals surface area contributed by atoms with Crippen LogP contribution in [0.1, 0.15) is 53.9 Å². The number of rotatable bonds is 3. The maximum absolute atomic E-state index is 13.4. The highest BCUT2D eigenvalue weighted by Gasteiger charge is 2.47.